The Bertz CT molecular complexity index is 1210. The summed E-state index contributed by atoms with van der Waals surface area (Å²) in [7, 11) is 0. The summed E-state index contributed by atoms with van der Waals surface area (Å²) in [5.74, 6) is 0.124. The van der Waals surface area contributed by atoms with Crippen molar-refractivity contribution < 1.29 is 4.79 Å². The van der Waals surface area contributed by atoms with Crippen molar-refractivity contribution in [2.45, 2.75) is 29.2 Å². The molecule has 1 aromatic heterocycles. The minimum Gasteiger partial charge on any atom is -0.314 e. The number of anilines is 1. The summed E-state index contributed by atoms with van der Waals surface area (Å²) in [4.78, 5) is 16.4. The van der Waals surface area contributed by atoms with Crippen LogP contribution in [0.2, 0.25) is 0 Å². The third kappa shape index (κ3) is 5.48. The Morgan fingerprint density at radius 1 is 1.00 bits per heavy atom. The fourth-order valence-corrected chi connectivity index (χ4v) is 6.06. The molecule has 1 amide bonds. The van der Waals surface area contributed by atoms with Crippen LogP contribution in [0, 0.1) is 0 Å². The van der Waals surface area contributed by atoms with Gasteiger partial charge in [0, 0.05) is 36.5 Å². The SMILES string of the molecule is CC(Sc1ccccc1C(=O)Nc1nn[nH]n1)N1CCNCC1C(c1ccccc1)c1ccccc1. The van der Waals surface area contributed by atoms with Crippen LogP contribution in [0.4, 0.5) is 5.95 Å². The molecule has 4 aromatic rings. The molecule has 0 bridgehead atoms. The zero-order chi connectivity index (χ0) is 24.7. The zero-order valence-electron chi connectivity index (χ0n) is 20.0. The van der Waals surface area contributed by atoms with Crippen molar-refractivity contribution >= 4 is 23.6 Å². The molecule has 1 aliphatic heterocycles. The molecule has 3 N–H and O–H groups in total. The van der Waals surface area contributed by atoms with E-state index in [1.807, 2.05) is 24.3 Å². The first-order valence-electron chi connectivity index (χ1n) is 12.1. The number of carbonyl (C=O) groups excluding carboxylic acids is 1. The van der Waals surface area contributed by atoms with E-state index in [2.05, 4.69) is 104 Å². The molecule has 36 heavy (non-hydrogen) atoms. The summed E-state index contributed by atoms with van der Waals surface area (Å²) in [5, 5.41) is 20.0. The number of hydrogen-bond acceptors (Lipinski definition) is 7. The Morgan fingerprint density at radius 2 is 1.67 bits per heavy atom. The highest BCUT2D eigenvalue weighted by Gasteiger charge is 2.35. The van der Waals surface area contributed by atoms with Gasteiger partial charge in [-0.15, -0.1) is 16.9 Å². The first-order valence-corrected chi connectivity index (χ1v) is 13.0. The lowest BCUT2D eigenvalue weighted by molar-refractivity contribution is 0.102. The van der Waals surface area contributed by atoms with E-state index >= 15 is 0 Å². The molecule has 8 nitrogen and oxygen atoms in total. The van der Waals surface area contributed by atoms with Crippen LogP contribution in [0.1, 0.15) is 34.3 Å². The van der Waals surface area contributed by atoms with Crippen LogP contribution in [-0.4, -0.2) is 62.5 Å². The fraction of sp³-hybridized carbons (Fsp3) is 0.259. The molecule has 5 rings (SSSR count). The van der Waals surface area contributed by atoms with Crippen LogP contribution in [0.15, 0.2) is 89.8 Å². The van der Waals surface area contributed by atoms with Gasteiger partial charge in [-0.1, -0.05) is 77.9 Å². The third-order valence-electron chi connectivity index (χ3n) is 6.50. The van der Waals surface area contributed by atoms with Crippen LogP contribution >= 0.6 is 11.8 Å². The van der Waals surface area contributed by atoms with Crippen LogP contribution in [0.25, 0.3) is 0 Å². The number of nitrogens with zero attached hydrogens (tertiary/aromatic N) is 4. The van der Waals surface area contributed by atoms with Gasteiger partial charge in [0.2, 0.25) is 0 Å². The number of thioether (sulfide) groups is 1. The van der Waals surface area contributed by atoms with Gasteiger partial charge in [-0.3, -0.25) is 15.0 Å². The van der Waals surface area contributed by atoms with Gasteiger partial charge in [-0.2, -0.15) is 5.21 Å². The van der Waals surface area contributed by atoms with Crippen molar-refractivity contribution in [3.8, 4) is 0 Å². The number of amides is 1. The number of tetrazole rings is 1. The van der Waals surface area contributed by atoms with Crippen molar-refractivity contribution in [3.05, 3.63) is 102 Å². The van der Waals surface area contributed by atoms with Crippen LogP contribution < -0.4 is 10.6 Å². The van der Waals surface area contributed by atoms with Crippen LogP contribution in [-0.2, 0) is 0 Å². The van der Waals surface area contributed by atoms with Gasteiger partial charge in [0.1, 0.15) is 0 Å². The predicted octanol–water partition coefficient (Wildman–Crippen LogP) is 4.00. The lowest BCUT2D eigenvalue weighted by atomic mass is 9.83. The molecule has 184 valence electrons. The minimum atomic E-state index is -0.255. The number of piperazine rings is 1. The summed E-state index contributed by atoms with van der Waals surface area (Å²) in [6.07, 6.45) is 0. The van der Waals surface area contributed by atoms with E-state index in [1.165, 1.54) is 11.1 Å². The molecule has 3 aromatic carbocycles. The molecule has 0 saturated carbocycles. The van der Waals surface area contributed by atoms with Crippen molar-refractivity contribution in [2.75, 3.05) is 25.0 Å². The summed E-state index contributed by atoms with van der Waals surface area (Å²) in [6, 6.07) is 29.4. The second-order valence-corrected chi connectivity index (χ2v) is 10.1. The number of hydrogen-bond donors (Lipinski definition) is 3. The normalized spacial score (nSPS) is 17.1. The quantitative estimate of drug-likeness (QED) is 0.315. The van der Waals surface area contributed by atoms with E-state index < -0.39 is 0 Å². The molecule has 2 heterocycles. The molecule has 9 heteroatoms. The topological polar surface area (TPSA) is 98.8 Å². The van der Waals surface area contributed by atoms with E-state index in [1.54, 1.807) is 11.8 Å². The molecular formula is C27H29N7OS. The molecule has 0 spiro atoms. The van der Waals surface area contributed by atoms with Crippen LogP contribution in [0.5, 0.6) is 0 Å². The highest BCUT2D eigenvalue weighted by Crippen LogP contribution is 2.36. The molecule has 1 aliphatic rings. The Labute approximate surface area is 214 Å². The molecule has 0 aliphatic carbocycles. The van der Waals surface area contributed by atoms with Crippen LogP contribution in [0.3, 0.4) is 0 Å². The Kier molecular flexibility index (Phi) is 7.70. The lowest BCUT2D eigenvalue weighted by Crippen LogP contribution is -2.56. The fourth-order valence-electron chi connectivity index (χ4n) is 4.85. The first-order chi connectivity index (χ1) is 17.7. The van der Waals surface area contributed by atoms with Gasteiger partial charge in [0.15, 0.2) is 0 Å². The van der Waals surface area contributed by atoms with E-state index in [-0.39, 0.29) is 29.2 Å². The number of rotatable bonds is 8. The maximum atomic E-state index is 13.0. The number of H-pyrrole nitrogens is 1. The maximum absolute atomic E-state index is 13.0. The van der Waals surface area contributed by atoms with Gasteiger partial charge in [-0.25, -0.2) is 0 Å². The molecule has 1 fully saturated rings. The molecule has 0 radical (unpaired) electrons. The number of aromatic amines is 1. The lowest BCUT2D eigenvalue weighted by Gasteiger charge is -2.44. The summed E-state index contributed by atoms with van der Waals surface area (Å²) < 4.78 is 0. The van der Waals surface area contributed by atoms with Gasteiger partial charge >= 0.3 is 0 Å². The minimum absolute atomic E-state index is 0.145. The monoisotopic (exact) mass is 499 g/mol. The van der Waals surface area contributed by atoms with E-state index in [4.69, 9.17) is 0 Å². The molecule has 1 saturated heterocycles. The summed E-state index contributed by atoms with van der Waals surface area (Å²) >= 11 is 1.70. The van der Waals surface area contributed by atoms with Gasteiger partial charge in [-0.05, 0) is 35.4 Å². The second-order valence-electron chi connectivity index (χ2n) is 8.71. The summed E-state index contributed by atoms with van der Waals surface area (Å²) in [6.45, 7) is 4.97. The number of carbonyl (C=O) groups is 1. The molecule has 2 unspecified atom stereocenters. The number of aromatic nitrogens is 4. The Balaban J connectivity index is 1.41. The second kappa shape index (κ2) is 11.5. The number of benzene rings is 3. The van der Waals surface area contributed by atoms with E-state index in [0.717, 1.165) is 24.5 Å². The van der Waals surface area contributed by atoms with Gasteiger partial charge in [0.25, 0.3) is 11.9 Å². The van der Waals surface area contributed by atoms with Gasteiger partial charge < -0.3 is 5.32 Å². The highest BCUT2D eigenvalue weighted by molar-refractivity contribution is 8.00. The highest BCUT2D eigenvalue weighted by atomic mass is 32.2. The average molecular weight is 500 g/mol. The predicted molar refractivity (Wildman–Crippen MR) is 142 cm³/mol. The van der Waals surface area contributed by atoms with Gasteiger partial charge in [0.05, 0.1) is 10.9 Å². The average Bonchev–Trinajstić information content (AvgIpc) is 3.44. The van der Waals surface area contributed by atoms with E-state index in [9.17, 15) is 4.79 Å². The summed E-state index contributed by atoms with van der Waals surface area (Å²) in [5.41, 5.74) is 3.20. The van der Waals surface area contributed by atoms with Crippen molar-refractivity contribution in [3.63, 3.8) is 0 Å². The van der Waals surface area contributed by atoms with E-state index in [0.29, 0.717) is 5.56 Å². The molecule has 2 atom stereocenters. The zero-order valence-corrected chi connectivity index (χ0v) is 20.9. The molecular weight excluding hydrogens is 470 g/mol. The largest absolute Gasteiger partial charge is 0.314 e. The third-order valence-corrected chi connectivity index (χ3v) is 7.72. The van der Waals surface area contributed by atoms with Crippen molar-refractivity contribution in [1.82, 2.24) is 30.8 Å². The smallest absolute Gasteiger partial charge is 0.270 e. The number of nitrogens with one attached hydrogen (secondary N) is 3. The standard InChI is InChI=1S/C27H29N7OS/c1-19(36-24-15-9-8-14-22(24)26(35)29-27-30-32-33-31-27)34-17-16-28-18-23(34)25(20-10-4-2-5-11-20)21-12-6-3-7-13-21/h2-15,19,23,25,28H,16-18H2,1H3,(H2,29,30,31,32,33,35). The maximum Gasteiger partial charge on any atom is 0.270 e. The van der Waals surface area contributed by atoms with Crippen molar-refractivity contribution in [1.29, 1.82) is 0 Å². The Morgan fingerprint density at radius 3 is 2.33 bits per heavy atom. The first kappa shape index (κ1) is 24.2. The Hall–Kier alpha value is -3.53. The van der Waals surface area contributed by atoms with Crippen molar-refractivity contribution in [2.24, 2.45) is 0 Å².